The summed E-state index contributed by atoms with van der Waals surface area (Å²) in [6.45, 7) is 2.79. The van der Waals surface area contributed by atoms with Gasteiger partial charge in [-0.25, -0.2) is 0 Å². The summed E-state index contributed by atoms with van der Waals surface area (Å²) in [6, 6.07) is 6.81. The first-order valence-corrected chi connectivity index (χ1v) is 8.62. The van der Waals surface area contributed by atoms with E-state index in [4.69, 9.17) is 14.2 Å². The second kappa shape index (κ2) is 8.20. The molecule has 1 aromatic rings. The molecule has 1 atom stereocenters. The van der Waals surface area contributed by atoms with E-state index in [2.05, 4.69) is 0 Å². The van der Waals surface area contributed by atoms with E-state index in [1.54, 1.807) is 29.0 Å². The lowest BCUT2D eigenvalue weighted by atomic mass is 10.2. The van der Waals surface area contributed by atoms with Gasteiger partial charge in [-0.2, -0.15) is 0 Å². The average molecular weight is 348 g/mol. The maximum Gasteiger partial charge on any atom is 0.261 e. The lowest BCUT2D eigenvalue weighted by Crippen LogP contribution is -2.51. The number of para-hydroxylation sites is 2. The van der Waals surface area contributed by atoms with Gasteiger partial charge in [-0.15, -0.1) is 0 Å². The number of rotatable bonds is 5. The zero-order valence-corrected chi connectivity index (χ0v) is 14.5. The van der Waals surface area contributed by atoms with Gasteiger partial charge in [0.05, 0.1) is 20.3 Å². The van der Waals surface area contributed by atoms with Crippen molar-refractivity contribution < 1.29 is 23.8 Å². The van der Waals surface area contributed by atoms with E-state index < -0.39 is 0 Å². The number of amides is 2. The zero-order valence-electron chi connectivity index (χ0n) is 14.5. The van der Waals surface area contributed by atoms with Gasteiger partial charge < -0.3 is 24.0 Å². The molecule has 0 N–H and O–H groups in total. The number of morpholine rings is 1. The molecule has 2 saturated heterocycles. The second-order valence-electron chi connectivity index (χ2n) is 6.12. The molecular formula is C18H24N2O5. The fraction of sp³-hybridized carbons (Fsp3) is 0.556. The first kappa shape index (κ1) is 17.5. The highest BCUT2D eigenvalue weighted by molar-refractivity contribution is 5.89. The zero-order chi connectivity index (χ0) is 17.6. The topological polar surface area (TPSA) is 68.3 Å². The van der Waals surface area contributed by atoms with E-state index in [0.717, 1.165) is 6.42 Å². The fourth-order valence-corrected chi connectivity index (χ4v) is 3.28. The summed E-state index contributed by atoms with van der Waals surface area (Å²) in [7, 11) is 1.56. The smallest absolute Gasteiger partial charge is 0.261 e. The summed E-state index contributed by atoms with van der Waals surface area (Å²) >= 11 is 0. The molecule has 25 heavy (non-hydrogen) atoms. The van der Waals surface area contributed by atoms with Crippen molar-refractivity contribution in [1.82, 2.24) is 9.80 Å². The molecule has 2 aliphatic rings. The number of hydrogen-bond donors (Lipinski definition) is 0. The molecule has 0 unspecified atom stereocenters. The van der Waals surface area contributed by atoms with Crippen LogP contribution in [0, 0.1) is 0 Å². The molecule has 2 aliphatic heterocycles. The molecular weight excluding hydrogens is 324 g/mol. The van der Waals surface area contributed by atoms with Gasteiger partial charge in [-0.1, -0.05) is 12.1 Å². The van der Waals surface area contributed by atoms with Gasteiger partial charge in [-0.05, 0) is 25.0 Å². The summed E-state index contributed by atoms with van der Waals surface area (Å²) in [4.78, 5) is 28.7. The van der Waals surface area contributed by atoms with Gasteiger partial charge in [0.1, 0.15) is 6.04 Å². The van der Waals surface area contributed by atoms with Crippen molar-refractivity contribution in [3.05, 3.63) is 24.3 Å². The third kappa shape index (κ3) is 4.04. The van der Waals surface area contributed by atoms with Crippen LogP contribution in [-0.2, 0) is 14.3 Å². The lowest BCUT2D eigenvalue weighted by molar-refractivity contribution is -0.147. The standard InChI is InChI=1S/C18H24N2O5/c1-23-15-6-2-3-7-16(15)25-13-17(21)20-8-4-5-14(20)18(22)19-9-11-24-12-10-19/h2-3,6-7,14H,4-5,8-13H2,1H3/t14-/m1/s1. The van der Waals surface area contributed by atoms with E-state index in [0.29, 0.717) is 50.8 Å². The SMILES string of the molecule is COc1ccccc1OCC(=O)N1CCC[C@@H]1C(=O)N1CCOCC1. The molecule has 0 spiro atoms. The van der Waals surface area contributed by atoms with Crippen LogP contribution in [0.4, 0.5) is 0 Å². The Balaban J connectivity index is 1.59. The molecule has 7 heteroatoms. The van der Waals surface area contributed by atoms with Crippen molar-refractivity contribution in [2.75, 3.05) is 46.6 Å². The second-order valence-corrected chi connectivity index (χ2v) is 6.12. The van der Waals surface area contributed by atoms with Crippen molar-refractivity contribution in [2.24, 2.45) is 0 Å². The first-order chi connectivity index (χ1) is 12.2. The Morgan fingerprint density at radius 3 is 2.60 bits per heavy atom. The number of hydrogen-bond acceptors (Lipinski definition) is 5. The summed E-state index contributed by atoms with van der Waals surface area (Å²) < 4.78 is 16.1. The van der Waals surface area contributed by atoms with Gasteiger partial charge in [0, 0.05) is 19.6 Å². The molecule has 3 rings (SSSR count). The van der Waals surface area contributed by atoms with Crippen LogP contribution in [0.1, 0.15) is 12.8 Å². The summed E-state index contributed by atoms with van der Waals surface area (Å²) in [6.07, 6.45) is 1.54. The Morgan fingerprint density at radius 2 is 1.88 bits per heavy atom. The van der Waals surface area contributed by atoms with E-state index in [1.807, 2.05) is 12.1 Å². The monoisotopic (exact) mass is 348 g/mol. The van der Waals surface area contributed by atoms with E-state index in [-0.39, 0.29) is 24.5 Å². The summed E-state index contributed by atoms with van der Waals surface area (Å²) in [5, 5.41) is 0. The molecule has 1 aromatic carbocycles. The Morgan fingerprint density at radius 1 is 1.16 bits per heavy atom. The van der Waals surface area contributed by atoms with Gasteiger partial charge in [0.25, 0.3) is 5.91 Å². The van der Waals surface area contributed by atoms with E-state index in [9.17, 15) is 9.59 Å². The Bertz CT molecular complexity index is 615. The van der Waals surface area contributed by atoms with Crippen LogP contribution < -0.4 is 9.47 Å². The highest BCUT2D eigenvalue weighted by atomic mass is 16.5. The lowest BCUT2D eigenvalue weighted by Gasteiger charge is -2.32. The van der Waals surface area contributed by atoms with Gasteiger partial charge in [0.15, 0.2) is 18.1 Å². The number of likely N-dealkylation sites (tertiary alicyclic amines) is 1. The predicted octanol–water partition coefficient (Wildman–Crippen LogP) is 0.924. The van der Waals surface area contributed by atoms with Crippen LogP contribution in [0.5, 0.6) is 11.5 Å². The third-order valence-corrected chi connectivity index (χ3v) is 4.60. The fourth-order valence-electron chi connectivity index (χ4n) is 3.28. The highest BCUT2D eigenvalue weighted by Gasteiger charge is 2.37. The van der Waals surface area contributed by atoms with Crippen LogP contribution in [0.3, 0.4) is 0 Å². The normalized spacial score (nSPS) is 20.4. The largest absolute Gasteiger partial charge is 0.493 e. The molecule has 2 heterocycles. The first-order valence-electron chi connectivity index (χ1n) is 8.62. The maximum atomic E-state index is 12.7. The molecule has 0 aliphatic carbocycles. The number of carbonyl (C=O) groups excluding carboxylic acids is 2. The van der Waals surface area contributed by atoms with Gasteiger partial charge >= 0.3 is 0 Å². The summed E-state index contributed by atoms with van der Waals surface area (Å²) in [5.41, 5.74) is 0. The predicted molar refractivity (Wildman–Crippen MR) is 90.6 cm³/mol. The number of nitrogens with zero attached hydrogens (tertiary/aromatic N) is 2. The Hall–Kier alpha value is -2.28. The van der Waals surface area contributed by atoms with Crippen molar-refractivity contribution in [3.63, 3.8) is 0 Å². The number of benzene rings is 1. The van der Waals surface area contributed by atoms with Gasteiger partial charge in [0.2, 0.25) is 5.91 Å². The number of ether oxygens (including phenoxy) is 3. The van der Waals surface area contributed by atoms with Crippen LogP contribution in [0.15, 0.2) is 24.3 Å². The Labute approximate surface area is 147 Å². The van der Waals surface area contributed by atoms with Crippen molar-refractivity contribution in [1.29, 1.82) is 0 Å². The Kier molecular flexibility index (Phi) is 5.75. The molecule has 2 amide bonds. The molecule has 7 nitrogen and oxygen atoms in total. The average Bonchev–Trinajstić information content (AvgIpc) is 3.16. The summed E-state index contributed by atoms with van der Waals surface area (Å²) in [5.74, 6) is 0.952. The molecule has 0 radical (unpaired) electrons. The highest BCUT2D eigenvalue weighted by Crippen LogP contribution is 2.26. The quantitative estimate of drug-likeness (QED) is 0.792. The number of carbonyl (C=O) groups is 2. The van der Waals surface area contributed by atoms with Crippen LogP contribution >= 0.6 is 0 Å². The van der Waals surface area contributed by atoms with Crippen molar-refractivity contribution in [3.8, 4) is 11.5 Å². The third-order valence-electron chi connectivity index (χ3n) is 4.60. The molecule has 0 saturated carbocycles. The molecule has 0 aromatic heterocycles. The minimum Gasteiger partial charge on any atom is -0.493 e. The van der Waals surface area contributed by atoms with E-state index >= 15 is 0 Å². The minimum absolute atomic E-state index is 0.0199. The minimum atomic E-state index is -0.383. The number of methoxy groups -OCH3 is 1. The van der Waals surface area contributed by atoms with Crippen LogP contribution in [0.25, 0.3) is 0 Å². The van der Waals surface area contributed by atoms with Crippen LogP contribution in [-0.4, -0.2) is 74.2 Å². The molecule has 2 fully saturated rings. The van der Waals surface area contributed by atoms with Crippen molar-refractivity contribution >= 4 is 11.8 Å². The molecule has 136 valence electrons. The maximum absolute atomic E-state index is 12.7. The van der Waals surface area contributed by atoms with Crippen molar-refractivity contribution in [2.45, 2.75) is 18.9 Å². The van der Waals surface area contributed by atoms with Crippen LogP contribution in [0.2, 0.25) is 0 Å². The van der Waals surface area contributed by atoms with E-state index in [1.165, 1.54) is 0 Å². The van der Waals surface area contributed by atoms with Gasteiger partial charge in [-0.3, -0.25) is 9.59 Å². The molecule has 0 bridgehead atoms.